The van der Waals surface area contributed by atoms with Crippen LogP contribution >= 0.6 is 43.2 Å². The molecule has 5 heteroatoms. The Hall–Kier alpha value is -0.520. The highest BCUT2D eigenvalue weighted by Gasteiger charge is 2.06. The molecule has 18 heavy (non-hydrogen) atoms. The van der Waals surface area contributed by atoms with Crippen molar-refractivity contribution in [1.82, 2.24) is 0 Å². The topological polar surface area (TPSA) is 18.5 Å². The third-order valence-electron chi connectivity index (χ3n) is 2.42. The van der Waals surface area contributed by atoms with Gasteiger partial charge in [0, 0.05) is 21.8 Å². The van der Waals surface area contributed by atoms with Crippen LogP contribution in [0.4, 0.5) is 0 Å². The van der Waals surface area contributed by atoms with Crippen molar-refractivity contribution in [2.75, 3.05) is 7.11 Å². The van der Waals surface area contributed by atoms with Gasteiger partial charge in [0.15, 0.2) is 0 Å². The molecule has 0 N–H and O–H groups in total. The zero-order valence-electron chi connectivity index (χ0n) is 9.78. The SMILES string of the molecule is COc1ccc(CBr)c(OCc2ccc(Br)s2)c1. The van der Waals surface area contributed by atoms with E-state index in [2.05, 4.69) is 37.9 Å². The lowest BCUT2D eigenvalue weighted by Crippen LogP contribution is -1.96. The van der Waals surface area contributed by atoms with E-state index in [1.165, 1.54) is 4.88 Å². The molecule has 0 saturated heterocycles. The van der Waals surface area contributed by atoms with Gasteiger partial charge in [-0.1, -0.05) is 22.0 Å². The number of alkyl halides is 1. The van der Waals surface area contributed by atoms with Crippen LogP contribution in [0.1, 0.15) is 10.4 Å². The fourth-order valence-electron chi connectivity index (χ4n) is 1.48. The summed E-state index contributed by atoms with van der Waals surface area (Å²) in [5.41, 5.74) is 1.12. The van der Waals surface area contributed by atoms with Crippen LogP contribution < -0.4 is 9.47 Å². The Kier molecular flexibility index (Phi) is 5.09. The van der Waals surface area contributed by atoms with E-state index >= 15 is 0 Å². The Morgan fingerprint density at radius 3 is 2.67 bits per heavy atom. The molecule has 0 aliphatic heterocycles. The van der Waals surface area contributed by atoms with Crippen LogP contribution in [0.2, 0.25) is 0 Å². The molecule has 0 radical (unpaired) electrons. The highest BCUT2D eigenvalue weighted by Crippen LogP contribution is 2.29. The van der Waals surface area contributed by atoms with E-state index in [1.54, 1.807) is 18.4 Å². The Labute approximate surface area is 127 Å². The Balaban J connectivity index is 2.11. The molecule has 0 atom stereocenters. The van der Waals surface area contributed by atoms with E-state index in [0.717, 1.165) is 26.2 Å². The maximum atomic E-state index is 5.85. The van der Waals surface area contributed by atoms with Crippen LogP contribution in [0.3, 0.4) is 0 Å². The zero-order chi connectivity index (χ0) is 13.0. The third kappa shape index (κ3) is 3.49. The summed E-state index contributed by atoms with van der Waals surface area (Å²) in [6.07, 6.45) is 0. The highest BCUT2D eigenvalue weighted by molar-refractivity contribution is 9.11. The number of hydrogen-bond acceptors (Lipinski definition) is 3. The van der Waals surface area contributed by atoms with Gasteiger partial charge < -0.3 is 9.47 Å². The average molecular weight is 392 g/mol. The van der Waals surface area contributed by atoms with Crippen molar-refractivity contribution < 1.29 is 9.47 Å². The van der Waals surface area contributed by atoms with Crippen molar-refractivity contribution in [3.8, 4) is 11.5 Å². The van der Waals surface area contributed by atoms with Gasteiger partial charge in [0.25, 0.3) is 0 Å². The largest absolute Gasteiger partial charge is 0.497 e. The molecule has 0 unspecified atom stereocenters. The minimum Gasteiger partial charge on any atom is -0.497 e. The molecular weight excluding hydrogens is 380 g/mol. The number of halogens is 2. The van der Waals surface area contributed by atoms with Crippen LogP contribution in [0, 0.1) is 0 Å². The quantitative estimate of drug-likeness (QED) is 0.668. The minimum atomic E-state index is 0.573. The average Bonchev–Trinajstić information content (AvgIpc) is 2.81. The summed E-state index contributed by atoms with van der Waals surface area (Å²) in [7, 11) is 1.66. The second kappa shape index (κ2) is 6.59. The predicted octanol–water partition coefficient (Wildman–Crippen LogP) is 4.99. The summed E-state index contributed by atoms with van der Waals surface area (Å²) in [5.74, 6) is 1.66. The highest BCUT2D eigenvalue weighted by atomic mass is 79.9. The molecule has 0 bridgehead atoms. The minimum absolute atomic E-state index is 0.573. The van der Waals surface area contributed by atoms with Crippen LogP contribution in [-0.2, 0) is 11.9 Å². The molecule has 0 aliphatic rings. The number of hydrogen-bond donors (Lipinski definition) is 0. The van der Waals surface area contributed by atoms with E-state index in [-0.39, 0.29) is 0 Å². The number of rotatable bonds is 5. The fourth-order valence-corrected chi connectivity index (χ4v) is 3.34. The molecule has 0 fully saturated rings. The smallest absolute Gasteiger partial charge is 0.127 e. The maximum Gasteiger partial charge on any atom is 0.127 e. The second-order valence-corrected chi connectivity index (χ2v) is 6.71. The van der Waals surface area contributed by atoms with Gasteiger partial charge in [-0.25, -0.2) is 0 Å². The summed E-state index contributed by atoms with van der Waals surface area (Å²) >= 11 is 8.58. The first-order chi connectivity index (χ1) is 8.72. The van der Waals surface area contributed by atoms with Gasteiger partial charge in [-0.2, -0.15) is 0 Å². The van der Waals surface area contributed by atoms with Crippen molar-refractivity contribution in [2.45, 2.75) is 11.9 Å². The molecule has 1 aromatic heterocycles. The van der Waals surface area contributed by atoms with Gasteiger partial charge in [-0.15, -0.1) is 11.3 Å². The summed E-state index contributed by atoms with van der Waals surface area (Å²) in [5, 5.41) is 0.764. The van der Waals surface area contributed by atoms with Crippen LogP contribution in [-0.4, -0.2) is 7.11 Å². The van der Waals surface area contributed by atoms with Gasteiger partial charge in [-0.3, -0.25) is 0 Å². The van der Waals surface area contributed by atoms with E-state index in [9.17, 15) is 0 Å². The number of ether oxygens (including phenoxy) is 2. The number of thiophene rings is 1. The molecule has 0 spiro atoms. The molecule has 2 aromatic rings. The molecule has 2 nitrogen and oxygen atoms in total. The summed E-state index contributed by atoms with van der Waals surface area (Å²) in [6, 6.07) is 9.95. The van der Waals surface area contributed by atoms with E-state index in [4.69, 9.17) is 9.47 Å². The van der Waals surface area contributed by atoms with Gasteiger partial charge in [0.1, 0.15) is 18.1 Å². The van der Waals surface area contributed by atoms with Crippen molar-refractivity contribution in [3.63, 3.8) is 0 Å². The first kappa shape index (κ1) is 13.9. The van der Waals surface area contributed by atoms with Gasteiger partial charge in [0.05, 0.1) is 10.9 Å². The summed E-state index contributed by atoms with van der Waals surface area (Å²) in [4.78, 5) is 1.19. The van der Waals surface area contributed by atoms with Gasteiger partial charge in [-0.05, 0) is 34.1 Å². The standard InChI is InChI=1S/C13H12Br2O2S/c1-16-10-3-2-9(7-14)12(6-10)17-8-11-4-5-13(15)18-11/h2-6H,7-8H2,1H3. The lowest BCUT2D eigenvalue weighted by Gasteiger charge is -2.10. The molecule has 0 aliphatic carbocycles. The molecule has 1 aromatic carbocycles. The van der Waals surface area contributed by atoms with Crippen LogP contribution in [0.25, 0.3) is 0 Å². The normalized spacial score (nSPS) is 10.4. The van der Waals surface area contributed by atoms with Gasteiger partial charge >= 0.3 is 0 Å². The van der Waals surface area contributed by atoms with E-state index in [1.807, 2.05) is 24.3 Å². The second-order valence-electron chi connectivity index (χ2n) is 3.60. The number of methoxy groups -OCH3 is 1. The Morgan fingerprint density at radius 2 is 2.06 bits per heavy atom. The van der Waals surface area contributed by atoms with Crippen molar-refractivity contribution in [1.29, 1.82) is 0 Å². The maximum absolute atomic E-state index is 5.85. The van der Waals surface area contributed by atoms with Gasteiger partial charge in [0.2, 0.25) is 0 Å². The van der Waals surface area contributed by atoms with Crippen LogP contribution in [0.5, 0.6) is 11.5 Å². The molecule has 1 heterocycles. The lowest BCUT2D eigenvalue weighted by atomic mass is 10.2. The monoisotopic (exact) mass is 390 g/mol. The van der Waals surface area contributed by atoms with Crippen LogP contribution in [0.15, 0.2) is 34.1 Å². The molecule has 96 valence electrons. The van der Waals surface area contributed by atoms with Crippen molar-refractivity contribution in [2.24, 2.45) is 0 Å². The molecule has 0 saturated carbocycles. The van der Waals surface area contributed by atoms with Crippen molar-refractivity contribution >= 4 is 43.2 Å². The molecule has 2 rings (SSSR count). The molecule has 0 amide bonds. The Bertz CT molecular complexity index is 525. The first-order valence-corrected chi connectivity index (χ1v) is 8.06. The third-order valence-corrected chi connectivity index (χ3v) is 4.62. The zero-order valence-corrected chi connectivity index (χ0v) is 13.8. The van der Waals surface area contributed by atoms with E-state index < -0.39 is 0 Å². The molecular formula is C13H12Br2O2S. The fraction of sp³-hybridized carbons (Fsp3) is 0.231. The summed E-state index contributed by atoms with van der Waals surface area (Å²) < 4.78 is 12.2. The first-order valence-electron chi connectivity index (χ1n) is 5.33. The predicted molar refractivity (Wildman–Crippen MR) is 82.0 cm³/mol. The lowest BCUT2D eigenvalue weighted by molar-refractivity contribution is 0.305. The number of benzene rings is 1. The van der Waals surface area contributed by atoms with Crippen molar-refractivity contribution in [3.05, 3.63) is 44.6 Å². The summed E-state index contributed by atoms with van der Waals surface area (Å²) in [6.45, 7) is 0.573. The van der Waals surface area contributed by atoms with E-state index in [0.29, 0.717) is 6.61 Å². The Morgan fingerprint density at radius 1 is 1.22 bits per heavy atom.